The van der Waals surface area contributed by atoms with Gasteiger partial charge in [0.05, 0.1) is 22.6 Å². The number of para-hydroxylation sites is 1. The predicted molar refractivity (Wildman–Crippen MR) is 122 cm³/mol. The molecule has 0 spiro atoms. The lowest BCUT2D eigenvalue weighted by Crippen LogP contribution is -2.23. The van der Waals surface area contributed by atoms with Crippen LogP contribution < -0.4 is 5.32 Å². The fourth-order valence-corrected chi connectivity index (χ4v) is 3.67. The molecule has 30 heavy (non-hydrogen) atoms. The normalized spacial score (nSPS) is 11.1. The highest BCUT2D eigenvalue weighted by molar-refractivity contribution is 7.09. The van der Waals surface area contributed by atoms with Gasteiger partial charge in [0.15, 0.2) is 0 Å². The Morgan fingerprint density at radius 3 is 2.67 bits per heavy atom. The third-order valence-corrected chi connectivity index (χ3v) is 5.41. The van der Waals surface area contributed by atoms with Crippen molar-refractivity contribution in [2.45, 2.75) is 13.3 Å². The molecule has 1 amide bonds. The highest BCUT2D eigenvalue weighted by Crippen LogP contribution is 2.21. The second-order valence-electron chi connectivity index (χ2n) is 6.88. The third-order valence-electron chi connectivity index (χ3n) is 4.63. The molecule has 0 saturated carbocycles. The first-order chi connectivity index (χ1) is 14.7. The molecule has 4 aromatic rings. The van der Waals surface area contributed by atoms with Gasteiger partial charge >= 0.3 is 0 Å². The van der Waals surface area contributed by atoms with Crippen LogP contribution in [-0.2, 0) is 11.2 Å². The largest absolute Gasteiger partial charge is 0.352 e. The van der Waals surface area contributed by atoms with E-state index in [0.717, 1.165) is 33.9 Å². The number of nitrogens with zero attached hydrogens (tertiary/aromatic N) is 3. The lowest BCUT2D eigenvalue weighted by Gasteiger charge is -2.04. The minimum Gasteiger partial charge on any atom is -0.352 e. The summed E-state index contributed by atoms with van der Waals surface area (Å²) >= 11 is 1.65. The quantitative estimate of drug-likeness (QED) is 0.447. The summed E-state index contributed by atoms with van der Waals surface area (Å²) in [6.07, 6.45) is 7.72. The molecule has 2 aromatic carbocycles. The summed E-state index contributed by atoms with van der Waals surface area (Å²) < 4.78 is 1.79. The van der Waals surface area contributed by atoms with Gasteiger partial charge in [-0.25, -0.2) is 9.67 Å². The Kier molecular flexibility index (Phi) is 6.15. The molecule has 150 valence electrons. The van der Waals surface area contributed by atoms with Crippen LogP contribution in [0, 0.1) is 6.92 Å². The molecule has 5 nitrogen and oxygen atoms in total. The lowest BCUT2D eigenvalue weighted by atomic mass is 10.1. The van der Waals surface area contributed by atoms with Crippen molar-refractivity contribution in [1.82, 2.24) is 20.1 Å². The number of aryl methyl sites for hydroxylation is 1. The zero-order valence-electron chi connectivity index (χ0n) is 16.7. The van der Waals surface area contributed by atoms with E-state index in [-0.39, 0.29) is 5.91 Å². The summed E-state index contributed by atoms with van der Waals surface area (Å²) in [5, 5.41) is 10.4. The molecular weight excluding hydrogens is 392 g/mol. The molecule has 0 unspecified atom stereocenters. The lowest BCUT2D eigenvalue weighted by molar-refractivity contribution is -0.116. The minimum absolute atomic E-state index is 0.114. The van der Waals surface area contributed by atoms with Crippen molar-refractivity contribution in [2.75, 3.05) is 6.54 Å². The van der Waals surface area contributed by atoms with Crippen LogP contribution in [0.3, 0.4) is 0 Å². The van der Waals surface area contributed by atoms with Crippen LogP contribution in [0.1, 0.15) is 16.1 Å². The third kappa shape index (κ3) is 5.10. The monoisotopic (exact) mass is 414 g/mol. The van der Waals surface area contributed by atoms with Gasteiger partial charge in [-0.05, 0) is 37.1 Å². The van der Waals surface area contributed by atoms with Gasteiger partial charge in [0, 0.05) is 35.3 Å². The van der Waals surface area contributed by atoms with E-state index in [1.54, 1.807) is 34.4 Å². The Balaban J connectivity index is 1.25. The highest BCUT2D eigenvalue weighted by Gasteiger charge is 2.03. The number of amides is 1. The van der Waals surface area contributed by atoms with Gasteiger partial charge in [0.25, 0.3) is 0 Å². The number of hydrogen-bond acceptors (Lipinski definition) is 4. The zero-order valence-corrected chi connectivity index (χ0v) is 17.5. The van der Waals surface area contributed by atoms with Crippen molar-refractivity contribution in [2.24, 2.45) is 0 Å². The average Bonchev–Trinajstić information content (AvgIpc) is 3.43. The van der Waals surface area contributed by atoms with Gasteiger partial charge in [-0.1, -0.05) is 42.5 Å². The Hall–Kier alpha value is -3.51. The number of benzene rings is 2. The Labute approximate surface area is 179 Å². The SMILES string of the molecule is Cc1nc(-c2ccc(CCNC(=O)/C=C/c3cnn(-c4ccccc4)c3)cc2)cs1. The minimum atomic E-state index is -0.114. The molecule has 0 fully saturated rings. The first kappa shape index (κ1) is 19.8. The van der Waals surface area contributed by atoms with Crippen molar-refractivity contribution >= 4 is 23.3 Å². The molecule has 1 N–H and O–H groups in total. The van der Waals surface area contributed by atoms with E-state index < -0.39 is 0 Å². The van der Waals surface area contributed by atoms with Crippen molar-refractivity contribution in [1.29, 1.82) is 0 Å². The molecular formula is C24H22N4OS. The summed E-state index contributed by atoms with van der Waals surface area (Å²) in [7, 11) is 0. The molecule has 0 atom stereocenters. The van der Waals surface area contributed by atoms with E-state index >= 15 is 0 Å². The fourth-order valence-electron chi connectivity index (χ4n) is 3.04. The van der Waals surface area contributed by atoms with Gasteiger partial charge in [0.1, 0.15) is 0 Å². The van der Waals surface area contributed by atoms with Crippen LogP contribution in [0.4, 0.5) is 0 Å². The first-order valence-corrected chi connectivity index (χ1v) is 10.6. The van der Waals surface area contributed by atoms with Crippen LogP contribution in [-0.4, -0.2) is 27.2 Å². The molecule has 0 radical (unpaired) electrons. The summed E-state index contributed by atoms with van der Waals surface area (Å²) in [6.45, 7) is 2.59. The second-order valence-corrected chi connectivity index (χ2v) is 7.94. The fraction of sp³-hybridized carbons (Fsp3) is 0.125. The zero-order chi connectivity index (χ0) is 20.8. The molecule has 0 aliphatic heterocycles. The molecule has 0 bridgehead atoms. The molecule has 0 saturated heterocycles. The van der Waals surface area contributed by atoms with Crippen molar-refractivity contribution in [3.63, 3.8) is 0 Å². The standard InChI is InChI=1S/C24H22N4OS/c1-18-27-23(17-30-18)21-10-7-19(8-11-21)13-14-25-24(29)12-9-20-15-26-28(16-20)22-5-3-2-4-6-22/h2-12,15-17H,13-14H2,1H3,(H,25,29)/b12-9+. The van der Waals surface area contributed by atoms with Gasteiger partial charge in [-0.2, -0.15) is 5.10 Å². The van der Waals surface area contributed by atoms with Gasteiger partial charge < -0.3 is 5.32 Å². The molecule has 0 aliphatic rings. The maximum absolute atomic E-state index is 12.1. The molecule has 2 aromatic heterocycles. The molecule has 4 rings (SSSR count). The number of thiazole rings is 1. The van der Waals surface area contributed by atoms with E-state index in [1.807, 2.05) is 43.5 Å². The van der Waals surface area contributed by atoms with Gasteiger partial charge in [-0.15, -0.1) is 11.3 Å². The number of rotatable bonds is 7. The topological polar surface area (TPSA) is 59.8 Å². The summed E-state index contributed by atoms with van der Waals surface area (Å²) in [5.74, 6) is -0.114. The van der Waals surface area contributed by atoms with E-state index in [0.29, 0.717) is 6.54 Å². The first-order valence-electron chi connectivity index (χ1n) is 9.75. The van der Waals surface area contributed by atoms with Crippen LogP contribution >= 0.6 is 11.3 Å². The maximum atomic E-state index is 12.1. The predicted octanol–water partition coefficient (Wildman–Crippen LogP) is 4.68. The van der Waals surface area contributed by atoms with Crippen LogP contribution in [0.15, 0.2) is 78.4 Å². The van der Waals surface area contributed by atoms with E-state index in [9.17, 15) is 4.79 Å². The van der Waals surface area contributed by atoms with Crippen molar-refractivity contribution in [3.05, 3.63) is 94.6 Å². The summed E-state index contributed by atoms with van der Waals surface area (Å²) in [4.78, 5) is 16.6. The Bertz CT molecular complexity index is 1140. The van der Waals surface area contributed by atoms with Crippen LogP contribution in [0.25, 0.3) is 23.0 Å². The molecule has 2 heterocycles. The average molecular weight is 415 g/mol. The smallest absolute Gasteiger partial charge is 0.244 e. The second kappa shape index (κ2) is 9.33. The van der Waals surface area contributed by atoms with Crippen molar-refractivity contribution in [3.8, 4) is 16.9 Å². The number of aromatic nitrogens is 3. The maximum Gasteiger partial charge on any atom is 0.244 e. The number of carbonyl (C=O) groups is 1. The highest BCUT2D eigenvalue weighted by atomic mass is 32.1. The van der Waals surface area contributed by atoms with Gasteiger partial charge in [0.2, 0.25) is 5.91 Å². The van der Waals surface area contributed by atoms with Crippen LogP contribution in [0.5, 0.6) is 0 Å². The van der Waals surface area contributed by atoms with Crippen molar-refractivity contribution < 1.29 is 4.79 Å². The molecule has 0 aliphatic carbocycles. The van der Waals surface area contributed by atoms with E-state index in [4.69, 9.17) is 0 Å². The van der Waals surface area contributed by atoms with Crippen LogP contribution in [0.2, 0.25) is 0 Å². The summed E-state index contributed by atoms with van der Waals surface area (Å²) in [6, 6.07) is 18.2. The van der Waals surface area contributed by atoms with Gasteiger partial charge in [-0.3, -0.25) is 4.79 Å². The van der Waals surface area contributed by atoms with E-state index in [1.165, 1.54) is 5.56 Å². The summed E-state index contributed by atoms with van der Waals surface area (Å²) in [5.41, 5.74) is 5.17. The number of carbonyl (C=O) groups excluding carboxylic acids is 1. The molecule has 6 heteroatoms. The van der Waals surface area contributed by atoms with E-state index in [2.05, 4.69) is 45.0 Å². The Morgan fingerprint density at radius 2 is 1.93 bits per heavy atom. The Morgan fingerprint density at radius 1 is 1.13 bits per heavy atom. The number of nitrogens with one attached hydrogen (secondary N) is 1. The number of hydrogen-bond donors (Lipinski definition) is 1.